The average molecular weight is 308 g/mol. The summed E-state index contributed by atoms with van der Waals surface area (Å²) in [5, 5.41) is 0. The lowest BCUT2D eigenvalue weighted by Gasteiger charge is -2.34. The van der Waals surface area contributed by atoms with Crippen LogP contribution < -0.4 is 4.74 Å². The first-order valence-corrected chi connectivity index (χ1v) is 8.63. The summed E-state index contributed by atoms with van der Waals surface area (Å²) >= 11 is 1.74. The normalized spacial score (nSPS) is 17.2. The number of ether oxygens (including phenoxy) is 2. The van der Waals surface area contributed by atoms with Crippen molar-refractivity contribution in [2.24, 2.45) is 0 Å². The molecule has 3 nitrogen and oxygen atoms in total. The monoisotopic (exact) mass is 308 g/mol. The molecule has 2 rings (SSSR count). The SMILES string of the molecule is CCOC(=O)C1(SCc2ccc(OC)cc2)CCCCC1. The number of benzene rings is 1. The van der Waals surface area contributed by atoms with E-state index in [0.717, 1.165) is 37.2 Å². The smallest absolute Gasteiger partial charge is 0.322 e. The predicted molar refractivity (Wildman–Crippen MR) is 86.7 cm³/mol. The Kier molecular flexibility index (Phi) is 5.97. The number of hydrogen-bond donors (Lipinski definition) is 0. The molecular formula is C17H24O3S. The van der Waals surface area contributed by atoms with Gasteiger partial charge in [0.2, 0.25) is 0 Å². The number of hydrogen-bond acceptors (Lipinski definition) is 4. The molecule has 4 heteroatoms. The molecule has 0 N–H and O–H groups in total. The highest BCUT2D eigenvalue weighted by Gasteiger charge is 2.41. The van der Waals surface area contributed by atoms with Crippen LogP contribution in [-0.4, -0.2) is 24.4 Å². The summed E-state index contributed by atoms with van der Waals surface area (Å²) in [5.41, 5.74) is 1.22. The Morgan fingerprint density at radius 1 is 1.19 bits per heavy atom. The third kappa shape index (κ3) is 4.16. The maximum Gasteiger partial charge on any atom is 0.322 e. The summed E-state index contributed by atoms with van der Waals surface area (Å²) in [5.74, 6) is 1.67. The summed E-state index contributed by atoms with van der Waals surface area (Å²) in [6.07, 6.45) is 5.34. The Hall–Kier alpha value is -1.16. The fourth-order valence-corrected chi connectivity index (χ4v) is 4.13. The van der Waals surface area contributed by atoms with Crippen LogP contribution in [-0.2, 0) is 15.3 Å². The maximum atomic E-state index is 12.4. The molecule has 0 radical (unpaired) electrons. The zero-order valence-electron chi connectivity index (χ0n) is 12.9. The van der Waals surface area contributed by atoms with E-state index in [-0.39, 0.29) is 10.7 Å². The van der Waals surface area contributed by atoms with E-state index >= 15 is 0 Å². The van der Waals surface area contributed by atoms with Crippen LogP contribution in [0, 0.1) is 0 Å². The van der Waals surface area contributed by atoms with Gasteiger partial charge in [-0.25, -0.2) is 0 Å². The zero-order valence-corrected chi connectivity index (χ0v) is 13.7. The minimum atomic E-state index is -0.339. The van der Waals surface area contributed by atoms with Crippen molar-refractivity contribution in [3.63, 3.8) is 0 Å². The molecule has 0 amide bonds. The number of methoxy groups -OCH3 is 1. The molecule has 1 aromatic carbocycles. The van der Waals surface area contributed by atoms with Gasteiger partial charge in [0.25, 0.3) is 0 Å². The minimum Gasteiger partial charge on any atom is -0.497 e. The van der Waals surface area contributed by atoms with E-state index in [0.29, 0.717) is 6.61 Å². The molecule has 0 spiro atoms. The summed E-state index contributed by atoms with van der Waals surface area (Å²) in [7, 11) is 1.67. The van der Waals surface area contributed by atoms with Gasteiger partial charge in [-0.15, -0.1) is 11.8 Å². The molecule has 0 atom stereocenters. The van der Waals surface area contributed by atoms with Crippen molar-refractivity contribution in [2.45, 2.75) is 49.5 Å². The quantitative estimate of drug-likeness (QED) is 0.738. The molecule has 1 aromatic rings. The summed E-state index contributed by atoms with van der Waals surface area (Å²) in [6, 6.07) is 8.06. The highest BCUT2D eigenvalue weighted by atomic mass is 32.2. The van der Waals surface area contributed by atoms with E-state index in [1.807, 2.05) is 19.1 Å². The van der Waals surface area contributed by atoms with Crippen LogP contribution in [0.2, 0.25) is 0 Å². The molecule has 116 valence electrons. The lowest BCUT2D eigenvalue weighted by Crippen LogP contribution is -2.39. The molecule has 0 heterocycles. The number of carbonyl (C=O) groups is 1. The summed E-state index contributed by atoms with van der Waals surface area (Å²) < 4.78 is 10.2. The fraction of sp³-hybridized carbons (Fsp3) is 0.588. The molecule has 0 saturated heterocycles. The maximum absolute atomic E-state index is 12.4. The summed E-state index contributed by atoms with van der Waals surface area (Å²) in [4.78, 5) is 12.4. The van der Waals surface area contributed by atoms with E-state index < -0.39 is 0 Å². The van der Waals surface area contributed by atoms with Gasteiger partial charge in [-0.2, -0.15) is 0 Å². The van der Waals surface area contributed by atoms with Crippen molar-refractivity contribution in [3.8, 4) is 5.75 Å². The first kappa shape index (κ1) is 16.2. The van der Waals surface area contributed by atoms with Crippen molar-refractivity contribution < 1.29 is 14.3 Å². The molecular weight excluding hydrogens is 284 g/mol. The van der Waals surface area contributed by atoms with Gasteiger partial charge < -0.3 is 9.47 Å². The second-order valence-corrected chi connectivity index (χ2v) is 6.77. The van der Waals surface area contributed by atoms with E-state index in [4.69, 9.17) is 9.47 Å². The molecule has 0 unspecified atom stereocenters. The van der Waals surface area contributed by atoms with Crippen LogP contribution in [0.25, 0.3) is 0 Å². The highest BCUT2D eigenvalue weighted by Crippen LogP contribution is 2.42. The molecule has 1 aliphatic rings. The van der Waals surface area contributed by atoms with Crippen LogP contribution in [0.1, 0.15) is 44.6 Å². The fourth-order valence-electron chi connectivity index (χ4n) is 2.74. The van der Waals surface area contributed by atoms with Crippen LogP contribution >= 0.6 is 11.8 Å². The largest absolute Gasteiger partial charge is 0.497 e. The zero-order chi connectivity index (χ0) is 15.1. The summed E-state index contributed by atoms with van der Waals surface area (Å²) in [6.45, 7) is 2.34. The van der Waals surface area contributed by atoms with Crippen LogP contribution in [0.3, 0.4) is 0 Å². The van der Waals surface area contributed by atoms with Crippen molar-refractivity contribution in [3.05, 3.63) is 29.8 Å². The number of rotatable bonds is 6. The third-order valence-electron chi connectivity index (χ3n) is 3.98. The second-order valence-electron chi connectivity index (χ2n) is 5.41. The van der Waals surface area contributed by atoms with Gasteiger partial charge in [0, 0.05) is 5.75 Å². The van der Waals surface area contributed by atoms with Crippen molar-refractivity contribution in [1.29, 1.82) is 0 Å². The standard InChI is InChI=1S/C17H24O3S/c1-3-20-16(18)17(11-5-4-6-12-17)21-13-14-7-9-15(19-2)10-8-14/h7-10H,3-6,11-13H2,1-2H3. The lowest BCUT2D eigenvalue weighted by atomic mass is 9.88. The van der Waals surface area contributed by atoms with Gasteiger partial charge in [-0.1, -0.05) is 31.4 Å². The third-order valence-corrected chi connectivity index (χ3v) is 5.59. The van der Waals surface area contributed by atoms with E-state index in [2.05, 4.69) is 12.1 Å². The Morgan fingerprint density at radius 3 is 2.43 bits per heavy atom. The predicted octanol–water partition coefficient (Wildman–Crippen LogP) is 4.19. The topological polar surface area (TPSA) is 35.5 Å². The van der Waals surface area contributed by atoms with Crippen LogP contribution in [0.15, 0.2) is 24.3 Å². The van der Waals surface area contributed by atoms with Gasteiger partial charge in [0.1, 0.15) is 10.5 Å². The Morgan fingerprint density at radius 2 is 1.86 bits per heavy atom. The van der Waals surface area contributed by atoms with Crippen molar-refractivity contribution in [2.75, 3.05) is 13.7 Å². The number of esters is 1. The molecule has 1 aliphatic carbocycles. The van der Waals surface area contributed by atoms with Gasteiger partial charge in [-0.05, 0) is 37.5 Å². The Labute approximate surface area is 131 Å². The molecule has 0 bridgehead atoms. The van der Waals surface area contributed by atoms with Crippen LogP contribution in [0.4, 0.5) is 0 Å². The van der Waals surface area contributed by atoms with Gasteiger partial charge in [0.05, 0.1) is 13.7 Å². The first-order valence-electron chi connectivity index (χ1n) is 7.64. The minimum absolute atomic E-state index is 0.0248. The van der Waals surface area contributed by atoms with Gasteiger partial charge in [0.15, 0.2) is 0 Å². The molecule has 1 saturated carbocycles. The molecule has 1 fully saturated rings. The number of carbonyl (C=O) groups excluding carboxylic acids is 1. The number of thioether (sulfide) groups is 1. The highest BCUT2D eigenvalue weighted by molar-refractivity contribution is 8.00. The lowest BCUT2D eigenvalue weighted by molar-refractivity contribution is -0.147. The second kappa shape index (κ2) is 7.74. The van der Waals surface area contributed by atoms with E-state index in [1.54, 1.807) is 18.9 Å². The molecule has 0 aliphatic heterocycles. The van der Waals surface area contributed by atoms with E-state index in [9.17, 15) is 4.79 Å². The van der Waals surface area contributed by atoms with E-state index in [1.165, 1.54) is 12.0 Å². The van der Waals surface area contributed by atoms with Crippen LogP contribution in [0.5, 0.6) is 5.75 Å². The average Bonchev–Trinajstić information content (AvgIpc) is 2.54. The van der Waals surface area contributed by atoms with Crippen molar-refractivity contribution in [1.82, 2.24) is 0 Å². The van der Waals surface area contributed by atoms with Gasteiger partial charge >= 0.3 is 5.97 Å². The first-order chi connectivity index (χ1) is 10.2. The Bertz CT molecular complexity index is 450. The molecule has 21 heavy (non-hydrogen) atoms. The molecule has 0 aromatic heterocycles. The Balaban J connectivity index is 2.02. The van der Waals surface area contributed by atoms with Gasteiger partial charge in [-0.3, -0.25) is 4.79 Å². The van der Waals surface area contributed by atoms with Crippen molar-refractivity contribution >= 4 is 17.7 Å².